The maximum Gasteiger partial charge on any atom is 0.142 e. The topological polar surface area (TPSA) is 17.1 Å². The largest absolute Gasteiger partial charge is 0.299 e. The summed E-state index contributed by atoms with van der Waals surface area (Å²) in [4.78, 5) is 9.89. The van der Waals surface area contributed by atoms with Gasteiger partial charge in [0, 0.05) is 0 Å². The van der Waals surface area contributed by atoms with Crippen molar-refractivity contribution < 1.29 is 9.18 Å². The number of carbonyl (C=O) groups is 1. The summed E-state index contributed by atoms with van der Waals surface area (Å²) >= 11 is 0. The molecule has 0 atom stereocenters. The predicted molar refractivity (Wildman–Crippen MR) is 50.6 cm³/mol. The van der Waals surface area contributed by atoms with Gasteiger partial charge in [-0.3, -0.25) is 4.79 Å². The number of carbonyl (C=O) groups excluding carboxylic acids is 1. The molecular weight excluding hydrogens is 167 g/mol. The average Bonchev–Trinajstić information content (AvgIpc) is 2.15. The summed E-state index contributed by atoms with van der Waals surface area (Å²) in [7, 11) is 0. The number of benzene rings is 1. The van der Waals surface area contributed by atoms with Crippen molar-refractivity contribution in [1.82, 2.24) is 0 Å². The van der Waals surface area contributed by atoms with Gasteiger partial charge in [0.1, 0.15) is 12.1 Å². The highest BCUT2D eigenvalue weighted by molar-refractivity contribution is 5.66. The number of allylic oxidation sites excluding steroid dienone is 3. The Labute approximate surface area is 76.2 Å². The lowest BCUT2D eigenvalue weighted by Crippen LogP contribution is -1.73. The van der Waals surface area contributed by atoms with E-state index in [0.717, 1.165) is 5.56 Å². The van der Waals surface area contributed by atoms with E-state index in [1.807, 2.05) is 0 Å². The number of halogens is 1. The SMILES string of the molecule is O=C/C=C/C=C/c1ccc(F)cc1. The van der Waals surface area contributed by atoms with E-state index in [1.54, 1.807) is 30.4 Å². The van der Waals surface area contributed by atoms with Crippen LogP contribution in [0.3, 0.4) is 0 Å². The Morgan fingerprint density at radius 1 is 1.00 bits per heavy atom. The van der Waals surface area contributed by atoms with Gasteiger partial charge >= 0.3 is 0 Å². The van der Waals surface area contributed by atoms with Crippen LogP contribution < -0.4 is 0 Å². The fourth-order valence-electron chi connectivity index (χ4n) is 0.850. The third kappa shape index (κ3) is 3.47. The minimum absolute atomic E-state index is 0.249. The number of hydrogen-bond acceptors (Lipinski definition) is 1. The van der Waals surface area contributed by atoms with Crippen molar-refractivity contribution in [1.29, 1.82) is 0 Å². The van der Waals surface area contributed by atoms with E-state index in [9.17, 15) is 9.18 Å². The molecule has 0 radical (unpaired) electrons. The fraction of sp³-hybridized carbons (Fsp3) is 0. The van der Waals surface area contributed by atoms with Gasteiger partial charge in [-0.15, -0.1) is 0 Å². The molecule has 0 fully saturated rings. The van der Waals surface area contributed by atoms with Gasteiger partial charge in [-0.1, -0.05) is 30.4 Å². The van der Waals surface area contributed by atoms with Gasteiger partial charge in [-0.25, -0.2) is 4.39 Å². The molecule has 0 bridgehead atoms. The zero-order chi connectivity index (χ0) is 9.52. The summed E-state index contributed by atoms with van der Waals surface area (Å²) in [5.74, 6) is -0.249. The molecule has 0 saturated carbocycles. The standard InChI is InChI=1S/C11H9FO/c12-11-7-5-10(6-8-11)4-2-1-3-9-13/h1-9H/b3-1+,4-2+. The Balaban J connectivity index is 2.64. The average molecular weight is 176 g/mol. The minimum atomic E-state index is -0.249. The van der Waals surface area contributed by atoms with Crippen LogP contribution in [-0.2, 0) is 4.79 Å². The van der Waals surface area contributed by atoms with Crippen LogP contribution in [-0.4, -0.2) is 6.29 Å². The maximum atomic E-state index is 12.4. The lowest BCUT2D eigenvalue weighted by Gasteiger charge is -1.90. The predicted octanol–water partition coefficient (Wildman–Crippen LogP) is 2.59. The van der Waals surface area contributed by atoms with Crippen LogP contribution in [0.4, 0.5) is 4.39 Å². The smallest absolute Gasteiger partial charge is 0.142 e. The summed E-state index contributed by atoms with van der Waals surface area (Å²) in [6.07, 6.45) is 7.23. The number of hydrogen-bond donors (Lipinski definition) is 0. The van der Waals surface area contributed by atoms with Crippen molar-refractivity contribution >= 4 is 12.4 Å². The summed E-state index contributed by atoms with van der Waals surface area (Å²) in [5.41, 5.74) is 0.900. The normalized spacial score (nSPS) is 11.2. The van der Waals surface area contributed by atoms with E-state index in [0.29, 0.717) is 6.29 Å². The van der Waals surface area contributed by atoms with Crippen LogP contribution in [0.15, 0.2) is 42.5 Å². The zero-order valence-electron chi connectivity index (χ0n) is 6.98. The highest BCUT2D eigenvalue weighted by Gasteiger charge is 1.86. The quantitative estimate of drug-likeness (QED) is 0.393. The molecule has 0 aliphatic rings. The second-order valence-electron chi connectivity index (χ2n) is 2.43. The Hall–Kier alpha value is -1.70. The molecule has 66 valence electrons. The second-order valence-corrected chi connectivity index (χ2v) is 2.43. The molecule has 0 aliphatic heterocycles. The van der Waals surface area contributed by atoms with Gasteiger partial charge in [0.25, 0.3) is 0 Å². The molecule has 0 N–H and O–H groups in total. The highest BCUT2D eigenvalue weighted by Crippen LogP contribution is 2.04. The molecule has 0 unspecified atom stereocenters. The summed E-state index contributed by atoms with van der Waals surface area (Å²) in [6.45, 7) is 0. The van der Waals surface area contributed by atoms with Crippen LogP contribution in [0.1, 0.15) is 5.56 Å². The zero-order valence-corrected chi connectivity index (χ0v) is 6.98. The third-order valence-electron chi connectivity index (χ3n) is 1.46. The Bertz CT molecular complexity index is 322. The molecule has 1 nitrogen and oxygen atoms in total. The summed E-state index contributed by atoms with van der Waals surface area (Å²) < 4.78 is 12.4. The van der Waals surface area contributed by atoms with Gasteiger partial charge < -0.3 is 0 Å². The molecule has 0 heterocycles. The Morgan fingerprint density at radius 2 is 1.69 bits per heavy atom. The molecule has 0 amide bonds. The van der Waals surface area contributed by atoms with Crippen molar-refractivity contribution in [2.75, 3.05) is 0 Å². The lowest BCUT2D eigenvalue weighted by molar-refractivity contribution is -0.104. The maximum absolute atomic E-state index is 12.4. The first-order valence-corrected chi connectivity index (χ1v) is 3.87. The van der Waals surface area contributed by atoms with Crippen LogP contribution in [0, 0.1) is 5.82 Å². The first-order valence-electron chi connectivity index (χ1n) is 3.87. The molecule has 0 aromatic heterocycles. The molecule has 2 heteroatoms. The van der Waals surface area contributed by atoms with Gasteiger partial charge in [-0.05, 0) is 23.8 Å². The van der Waals surface area contributed by atoms with E-state index in [1.165, 1.54) is 18.2 Å². The van der Waals surface area contributed by atoms with Crippen molar-refractivity contribution in [2.24, 2.45) is 0 Å². The van der Waals surface area contributed by atoms with Crippen molar-refractivity contribution in [3.63, 3.8) is 0 Å². The van der Waals surface area contributed by atoms with Crippen LogP contribution >= 0.6 is 0 Å². The summed E-state index contributed by atoms with van der Waals surface area (Å²) in [5, 5.41) is 0. The van der Waals surface area contributed by atoms with Crippen LogP contribution in [0.2, 0.25) is 0 Å². The van der Waals surface area contributed by atoms with Crippen LogP contribution in [0.25, 0.3) is 6.08 Å². The molecule has 1 aromatic carbocycles. The Morgan fingerprint density at radius 3 is 2.31 bits per heavy atom. The van der Waals surface area contributed by atoms with Gasteiger partial charge in [0.15, 0.2) is 0 Å². The molecule has 0 saturated heterocycles. The van der Waals surface area contributed by atoms with E-state index in [2.05, 4.69) is 0 Å². The summed E-state index contributed by atoms with van der Waals surface area (Å²) in [6, 6.07) is 6.12. The Kier molecular flexibility index (Phi) is 3.64. The molecule has 13 heavy (non-hydrogen) atoms. The fourth-order valence-corrected chi connectivity index (χ4v) is 0.850. The molecule has 1 aromatic rings. The van der Waals surface area contributed by atoms with E-state index in [-0.39, 0.29) is 5.82 Å². The van der Waals surface area contributed by atoms with Gasteiger partial charge in [0.05, 0.1) is 0 Å². The van der Waals surface area contributed by atoms with Gasteiger partial charge in [-0.2, -0.15) is 0 Å². The van der Waals surface area contributed by atoms with Gasteiger partial charge in [0.2, 0.25) is 0 Å². The van der Waals surface area contributed by atoms with E-state index in [4.69, 9.17) is 0 Å². The molecule has 0 spiro atoms. The van der Waals surface area contributed by atoms with Crippen molar-refractivity contribution in [3.05, 3.63) is 53.9 Å². The lowest BCUT2D eigenvalue weighted by atomic mass is 10.2. The van der Waals surface area contributed by atoms with Crippen LogP contribution in [0.5, 0.6) is 0 Å². The molecular formula is C11H9FO. The van der Waals surface area contributed by atoms with Crippen molar-refractivity contribution in [3.8, 4) is 0 Å². The minimum Gasteiger partial charge on any atom is -0.299 e. The monoisotopic (exact) mass is 176 g/mol. The van der Waals surface area contributed by atoms with E-state index < -0.39 is 0 Å². The number of aldehydes is 1. The molecule has 0 aliphatic carbocycles. The second kappa shape index (κ2) is 5.04. The third-order valence-corrected chi connectivity index (χ3v) is 1.46. The first-order chi connectivity index (χ1) is 6.33. The molecule has 1 rings (SSSR count). The number of rotatable bonds is 3. The van der Waals surface area contributed by atoms with E-state index >= 15 is 0 Å². The highest BCUT2D eigenvalue weighted by atomic mass is 19.1. The first kappa shape index (κ1) is 9.39. The van der Waals surface area contributed by atoms with Crippen molar-refractivity contribution in [2.45, 2.75) is 0 Å².